The summed E-state index contributed by atoms with van der Waals surface area (Å²) in [5.74, 6) is 0.0693. The minimum Gasteiger partial charge on any atom is -0.295 e. The molecule has 0 aliphatic heterocycles. The van der Waals surface area contributed by atoms with Crippen molar-refractivity contribution in [2.75, 3.05) is 0 Å². The molecule has 0 N–H and O–H groups in total. The summed E-state index contributed by atoms with van der Waals surface area (Å²) in [6.07, 6.45) is 7.28. The van der Waals surface area contributed by atoms with Crippen LogP contribution in [0.1, 0.15) is 23.6 Å². The summed E-state index contributed by atoms with van der Waals surface area (Å²) in [6.45, 7) is 1.56. The number of pyridine rings is 1. The maximum atomic E-state index is 10.9. The fourth-order valence-electron chi connectivity index (χ4n) is 2.58. The zero-order chi connectivity index (χ0) is 16.1. The van der Waals surface area contributed by atoms with E-state index in [9.17, 15) is 4.79 Å². The van der Waals surface area contributed by atoms with Gasteiger partial charge in [0.05, 0.1) is 5.52 Å². The van der Waals surface area contributed by atoms with Crippen molar-refractivity contribution in [3.05, 3.63) is 83.6 Å². The number of nitrogens with zero attached hydrogens (tertiary/aromatic N) is 1. The minimum atomic E-state index is 0.0693. The average molecular weight is 301 g/mol. The Balaban J connectivity index is 1.66. The van der Waals surface area contributed by atoms with Gasteiger partial charge in [0.25, 0.3) is 0 Å². The van der Waals surface area contributed by atoms with Gasteiger partial charge in [-0.3, -0.25) is 9.78 Å². The molecule has 0 amide bonds. The molecule has 0 saturated carbocycles. The molecule has 3 rings (SSSR count). The third-order valence-corrected chi connectivity index (χ3v) is 3.86. The van der Waals surface area contributed by atoms with Crippen LogP contribution in [0.3, 0.4) is 0 Å². The Kier molecular flexibility index (Phi) is 4.62. The molecule has 1 aromatic heterocycles. The Hall–Kier alpha value is -2.74. The quantitative estimate of drug-likeness (QED) is 0.643. The Bertz CT molecular complexity index is 847. The Labute approximate surface area is 136 Å². The lowest BCUT2D eigenvalue weighted by atomic mass is 10.0. The molecule has 0 aliphatic rings. The highest BCUT2D eigenvalue weighted by Gasteiger charge is 1.99. The third kappa shape index (κ3) is 4.13. The Morgan fingerprint density at radius 3 is 2.52 bits per heavy atom. The topological polar surface area (TPSA) is 30.0 Å². The van der Waals surface area contributed by atoms with Crippen molar-refractivity contribution in [2.45, 2.75) is 19.8 Å². The van der Waals surface area contributed by atoms with E-state index in [0.29, 0.717) is 0 Å². The molecule has 0 saturated heterocycles. The summed E-state index contributed by atoms with van der Waals surface area (Å²) in [5, 5.41) is 1.19. The number of carbonyl (C=O) groups is 1. The van der Waals surface area contributed by atoms with E-state index in [0.717, 1.165) is 23.9 Å². The van der Waals surface area contributed by atoms with Crippen LogP contribution in [0.4, 0.5) is 0 Å². The largest absolute Gasteiger partial charge is 0.295 e. The van der Waals surface area contributed by atoms with Crippen molar-refractivity contribution in [2.24, 2.45) is 0 Å². The second-order valence-electron chi connectivity index (χ2n) is 5.72. The van der Waals surface area contributed by atoms with E-state index in [1.54, 1.807) is 13.0 Å². The molecule has 23 heavy (non-hydrogen) atoms. The van der Waals surface area contributed by atoms with Gasteiger partial charge in [0.15, 0.2) is 5.78 Å². The molecule has 0 fully saturated rings. The number of aryl methyl sites for hydroxylation is 2. The van der Waals surface area contributed by atoms with Gasteiger partial charge in [0, 0.05) is 11.6 Å². The van der Waals surface area contributed by atoms with Gasteiger partial charge < -0.3 is 0 Å². The first-order chi connectivity index (χ1) is 11.2. The van der Waals surface area contributed by atoms with E-state index in [2.05, 4.69) is 53.5 Å². The van der Waals surface area contributed by atoms with Gasteiger partial charge >= 0.3 is 0 Å². The fourth-order valence-corrected chi connectivity index (χ4v) is 2.58. The van der Waals surface area contributed by atoms with Gasteiger partial charge in [-0.15, -0.1) is 0 Å². The van der Waals surface area contributed by atoms with Crippen LogP contribution < -0.4 is 0 Å². The van der Waals surface area contributed by atoms with Crippen LogP contribution in [-0.2, 0) is 17.6 Å². The molecule has 1 heterocycles. The maximum absolute atomic E-state index is 10.9. The fraction of sp³-hybridized carbons (Fsp3) is 0.143. The van der Waals surface area contributed by atoms with Crippen molar-refractivity contribution in [1.82, 2.24) is 4.98 Å². The van der Waals surface area contributed by atoms with Crippen LogP contribution in [0.15, 0.2) is 66.9 Å². The highest BCUT2D eigenvalue weighted by molar-refractivity contribution is 5.91. The van der Waals surface area contributed by atoms with Crippen molar-refractivity contribution >= 4 is 22.8 Å². The van der Waals surface area contributed by atoms with Crippen LogP contribution in [0.2, 0.25) is 0 Å². The predicted molar refractivity (Wildman–Crippen MR) is 95.3 cm³/mol. The van der Waals surface area contributed by atoms with Crippen LogP contribution in [0.5, 0.6) is 0 Å². The highest BCUT2D eigenvalue weighted by atomic mass is 16.1. The van der Waals surface area contributed by atoms with Crippen molar-refractivity contribution in [1.29, 1.82) is 0 Å². The molecule has 2 aromatic carbocycles. The van der Waals surface area contributed by atoms with Crippen LogP contribution in [-0.4, -0.2) is 10.8 Å². The van der Waals surface area contributed by atoms with Gasteiger partial charge in [-0.05, 0) is 60.7 Å². The summed E-state index contributed by atoms with van der Waals surface area (Å²) >= 11 is 0. The number of rotatable bonds is 5. The zero-order valence-electron chi connectivity index (χ0n) is 13.2. The smallest absolute Gasteiger partial charge is 0.152 e. The first-order valence-corrected chi connectivity index (χ1v) is 7.82. The molecule has 3 aromatic rings. The lowest BCUT2D eigenvalue weighted by Gasteiger charge is -2.04. The second-order valence-corrected chi connectivity index (χ2v) is 5.72. The van der Waals surface area contributed by atoms with Gasteiger partial charge in [-0.25, -0.2) is 0 Å². The van der Waals surface area contributed by atoms with Gasteiger partial charge in [0.1, 0.15) is 0 Å². The SMILES string of the molecule is CC(=O)/C=C/c1ccc(CCc2ccc3ncccc3c2)cc1. The summed E-state index contributed by atoms with van der Waals surface area (Å²) in [7, 11) is 0. The summed E-state index contributed by atoms with van der Waals surface area (Å²) < 4.78 is 0. The van der Waals surface area contributed by atoms with E-state index < -0.39 is 0 Å². The molecule has 114 valence electrons. The van der Waals surface area contributed by atoms with Gasteiger partial charge in [-0.2, -0.15) is 0 Å². The molecule has 0 atom stereocenters. The third-order valence-electron chi connectivity index (χ3n) is 3.86. The standard InChI is InChI=1S/C21H19NO/c1-16(23)4-5-17-6-8-18(9-7-17)10-11-19-12-13-21-20(15-19)3-2-14-22-21/h2-9,12-15H,10-11H2,1H3/b5-4+. The minimum absolute atomic E-state index is 0.0693. The number of hydrogen-bond acceptors (Lipinski definition) is 2. The first kappa shape index (κ1) is 15.2. The molecule has 0 radical (unpaired) electrons. The Morgan fingerprint density at radius 1 is 1.00 bits per heavy atom. The molecule has 0 unspecified atom stereocenters. The molecular formula is C21H19NO. The molecule has 0 aliphatic carbocycles. The monoisotopic (exact) mass is 301 g/mol. The second kappa shape index (κ2) is 7.01. The number of carbonyl (C=O) groups excluding carboxylic acids is 1. The number of fused-ring (bicyclic) bond motifs is 1. The predicted octanol–water partition coefficient (Wildman–Crippen LogP) is 4.62. The number of hydrogen-bond donors (Lipinski definition) is 0. The first-order valence-electron chi connectivity index (χ1n) is 7.82. The van der Waals surface area contributed by atoms with E-state index in [-0.39, 0.29) is 5.78 Å². The van der Waals surface area contributed by atoms with E-state index in [4.69, 9.17) is 0 Å². The molecule has 2 nitrogen and oxygen atoms in total. The van der Waals surface area contributed by atoms with Gasteiger partial charge in [-0.1, -0.05) is 42.5 Å². The van der Waals surface area contributed by atoms with Crippen molar-refractivity contribution < 1.29 is 4.79 Å². The van der Waals surface area contributed by atoms with Gasteiger partial charge in [0.2, 0.25) is 0 Å². The lowest BCUT2D eigenvalue weighted by Crippen LogP contribution is -1.92. The number of benzene rings is 2. The van der Waals surface area contributed by atoms with Crippen LogP contribution in [0, 0.1) is 0 Å². The Morgan fingerprint density at radius 2 is 1.74 bits per heavy atom. The van der Waals surface area contributed by atoms with E-state index in [1.165, 1.54) is 16.5 Å². The summed E-state index contributed by atoms with van der Waals surface area (Å²) in [4.78, 5) is 15.3. The van der Waals surface area contributed by atoms with E-state index in [1.807, 2.05) is 18.3 Å². The molecule has 2 heteroatoms. The molecular weight excluding hydrogens is 282 g/mol. The normalized spacial score (nSPS) is 11.2. The molecule has 0 bridgehead atoms. The zero-order valence-corrected chi connectivity index (χ0v) is 13.2. The lowest BCUT2D eigenvalue weighted by molar-refractivity contribution is -0.112. The number of ketones is 1. The summed E-state index contributed by atoms with van der Waals surface area (Å²) in [6, 6.07) is 18.9. The van der Waals surface area contributed by atoms with Crippen molar-refractivity contribution in [3.63, 3.8) is 0 Å². The maximum Gasteiger partial charge on any atom is 0.152 e. The van der Waals surface area contributed by atoms with E-state index >= 15 is 0 Å². The van der Waals surface area contributed by atoms with Crippen molar-refractivity contribution in [3.8, 4) is 0 Å². The number of allylic oxidation sites excluding steroid dienone is 1. The van der Waals surface area contributed by atoms with Crippen LogP contribution >= 0.6 is 0 Å². The molecule has 0 spiro atoms. The van der Waals surface area contributed by atoms with Crippen LogP contribution in [0.25, 0.3) is 17.0 Å². The average Bonchev–Trinajstić information content (AvgIpc) is 2.59. The highest BCUT2D eigenvalue weighted by Crippen LogP contribution is 2.15. The summed E-state index contributed by atoms with van der Waals surface area (Å²) in [5.41, 5.74) is 4.72. The number of aromatic nitrogens is 1.